The quantitative estimate of drug-likeness (QED) is 0.847. The lowest BCUT2D eigenvalue weighted by molar-refractivity contribution is -0.124. The number of benzene rings is 1. The molecule has 0 fully saturated rings. The van der Waals surface area contributed by atoms with E-state index >= 15 is 0 Å². The van der Waals surface area contributed by atoms with Crippen molar-refractivity contribution in [1.82, 2.24) is 15.6 Å². The summed E-state index contributed by atoms with van der Waals surface area (Å²) in [6, 6.07) is 7.94. The van der Waals surface area contributed by atoms with E-state index in [-0.39, 0.29) is 17.9 Å². The number of hydrogen-bond acceptors (Lipinski definition) is 3. The number of pyridine rings is 1. The van der Waals surface area contributed by atoms with Gasteiger partial charge in [0.1, 0.15) is 11.9 Å². The molecule has 2 amide bonds. The number of carbonyl (C=O) groups excluding carboxylic acids is 2. The van der Waals surface area contributed by atoms with Crippen LogP contribution in [0.3, 0.4) is 0 Å². The van der Waals surface area contributed by atoms with Gasteiger partial charge in [0.25, 0.3) is 5.91 Å². The first-order valence-electron chi connectivity index (χ1n) is 8.15. The third-order valence-corrected chi connectivity index (χ3v) is 3.89. The Morgan fingerprint density at radius 1 is 1.04 bits per heavy atom. The van der Waals surface area contributed by atoms with Crippen molar-refractivity contribution < 1.29 is 14.0 Å². The molecule has 132 valence electrons. The molecule has 2 rings (SSSR count). The fraction of sp³-hybridized carbons (Fsp3) is 0.316. The van der Waals surface area contributed by atoms with Gasteiger partial charge in [-0.3, -0.25) is 14.6 Å². The average molecular weight is 343 g/mol. The maximum atomic E-state index is 13.0. The molecule has 0 bridgehead atoms. The van der Waals surface area contributed by atoms with Gasteiger partial charge in [-0.15, -0.1) is 0 Å². The molecule has 6 heteroatoms. The zero-order valence-electron chi connectivity index (χ0n) is 14.5. The van der Waals surface area contributed by atoms with Crippen LogP contribution >= 0.6 is 0 Å². The first-order chi connectivity index (χ1) is 11.9. The Hall–Kier alpha value is -2.76. The van der Waals surface area contributed by atoms with Gasteiger partial charge in [-0.05, 0) is 48.7 Å². The summed E-state index contributed by atoms with van der Waals surface area (Å²) in [5.74, 6) is -1.21. The van der Waals surface area contributed by atoms with Gasteiger partial charge in [-0.1, -0.05) is 19.9 Å². The molecule has 1 heterocycles. The number of rotatable bonds is 6. The Kier molecular flexibility index (Phi) is 6.22. The molecule has 0 aliphatic rings. The Morgan fingerprint density at radius 3 is 2.28 bits per heavy atom. The minimum absolute atomic E-state index is 0.106. The number of aromatic nitrogens is 1. The smallest absolute Gasteiger partial charge is 0.251 e. The maximum Gasteiger partial charge on any atom is 0.251 e. The summed E-state index contributed by atoms with van der Waals surface area (Å²) in [6.07, 6.45) is 3.35. The molecule has 0 spiro atoms. The van der Waals surface area contributed by atoms with E-state index in [4.69, 9.17) is 0 Å². The van der Waals surface area contributed by atoms with Crippen LogP contribution in [0.2, 0.25) is 0 Å². The van der Waals surface area contributed by atoms with Crippen LogP contribution in [0.1, 0.15) is 42.7 Å². The molecule has 5 nitrogen and oxygen atoms in total. The first-order valence-corrected chi connectivity index (χ1v) is 8.15. The van der Waals surface area contributed by atoms with E-state index in [0.29, 0.717) is 5.56 Å². The number of halogens is 1. The summed E-state index contributed by atoms with van der Waals surface area (Å²) in [4.78, 5) is 28.9. The number of amides is 2. The average Bonchev–Trinajstić information content (AvgIpc) is 2.60. The van der Waals surface area contributed by atoms with Crippen LogP contribution in [-0.2, 0) is 4.79 Å². The first kappa shape index (κ1) is 18.6. The third kappa shape index (κ3) is 5.11. The number of hydrogen-bond donors (Lipinski definition) is 2. The highest BCUT2D eigenvalue weighted by atomic mass is 19.1. The molecule has 2 unspecified atom stereocenters. The predicted octanol–water partition coefficient (Wildman–Crippen LogP) is 2.85. The molecule has 0 aliphatic heterocycles. The number of nitrogens with zero attached hydrogens (tertiary/aromatic N) is 1. The minimum Gasteiger partial charge on any atom is -0.348 e. The SMILES string of the molecule is CC(NC(=O)C(NC(=O)c1ccc(F)cc1)C(C)C)c1cccnc1. The van der Waals surface area contributed by atoms with Gasteiger partial charge in [-0.25, -0.2) is 4.39 Å². The lowest BCUT2D eigenvalue weighted by atomic mass is 10.0. The van der Waals surface area contributed by atoms with Crippen molar-refractivity contribution in [3.05, 3.63) is 65.7 Å². The monoisotopic (exact) mass is 343 g/mol. The molecular formula is C19H22FN3O2. The van der Waals surface area contributed by atoms with Crippen LogP contribution in [0, 0.1) is 11.7 Å². The normalized spacial score (nSPS) is 13.2. The second kappa shape index (κ2) is 8.37. The third-order valence-electron chi connectivity index (χ3n) is 3.89. The summed E-state index contributed by atoms with van der Waals surface area (Å²) >= 11 is 0. The lowest BCUT2D eigenvalue weighted by Gasteiger charge is -2.24. The van der Waals surface area contributed by atoms with E-state index in [0.717, 1.165) is 5.56 Å². The summed E-state index contributed by atoms with van der Waals surface area (Å²) in [6.45, 7) is 5.56. The van der Waals surface area contributed by atoms with Crippen LogP contribution in [0.25, 0.3) is 0 Å². The zero-order valence-corrected chi connectivity index (χ0v) is 14.5. The van der Waals surface area contributed by atoms with Crippen LogP contribution in [0.15, 0.2) is 48.8 Å². The van der Waals surface area contributed by atoms with Gasteiger partial charge < -0.3 is 10.6 Å². The Morgan fingerprint density at radius 2 is 1.72 bits per heavy atom. The molecule has 25 heavy (non-hydrogen) atoms. The van der Waals surface area contributed by atoms with Crippen molar-refractivity contribution in [3.8, 4) is 0 Å². The van der Waals surface area contributed by atoms with E-state index < -0.39 is 17.8 Å². The van der Waals surface area contributed by atoms with Crippen LogP contribution in [0.5, 0.6) is 0 Å². The summed E-state index contributed by atoms with van der Waals surface area (Å²) in [7, 11) is 0. The maximum absolute atomic E-state index is 13.0. The summed E-state index contributed by atoms with van der Waals surface area (Å²) in [5.41, 5.74) is 1.18. The molecule has 0 radical (unpaired) electrons. The van der Waals surface area contributed by atoms with Gasteiger partial charge >= 0.3 is 0 Å². The van der Waals surface area contributed by atoms with Crippen LogP contribution in [-0.4, -0.2) is 22.8 Å². The molecule has 2 aromatic rings. The standard InChI is InChI=1S/C19H22FN3O2/c1-12(2)17(23-18(24)14-6-8-16(20)9-7-14)19(25)22-13(3)15-5-4-10-21-11-15/h4-13,17H,1-3H3,(H,22,25)(H,23,24). The fourth-order valence-electron chi connectivity index (χ4n) is 2.38. The molecule has 0 aliphatic carbocycles. The van der Waals surface area contributed by atoms with Gasteiger partial charge in [-0.2, -0.15) is 0 Å². The number of carbonyl (C=O) groups is 2. The van der Waals surface area contributed by atoms with Crippen molar-refractivity contribution in [2.24, 2.45) is 5.92 Å². The second-order valence-electron chi connectivity index (χ2n) is 6.22. The zero-order chi connectivity index (χ0) is 18.4. The van der Waals surface area contributed by atoms with Crippen molar-refractivity contribution in [2.75, 3.05) is 0 Å². The van der Waals surface area contributed by atoms with E-state index in [2.05, 4.69) is 15.6 Å². The van der Waals surface area contributed by atoms with Gasteiger partial charge in [0.15, 0.2) is 0 Å². The summed E-state index contributed by atoms with van der Waals surface area (Å²) in [5, 5.41) is 5.61. The highest BCUT2D eigenvalue weighted by molar-refractivity contribution is 5.97. The summed E-state index contributed by atoms with van der Waals surface area (Å²) < 4.78 is 13.0. The van der Waals surface area contributed by atoms with Crippen molar-refractivity contribution in [3.63, 3.8) is 0 Å². The van der Waals surface area contributed by atoms with E-state index in [1.54, 1.807) is 18.5 Å². The molecule has 2 N–H and O–H groups in total. The predicted molar refractivity (Wildman–Crippen MR) is 93.3 cm³/mol. The van der Waals surface area contributed by atoms with Crippen LogP contribution in [0.4, 0.5) is 4.39 Å². The van der Waals surface area contributed by atoms with E-state index in [1.807, 2.05) is 26.8 Å². The Labute approximate surface area is 146 Å². The highest BCUT2D eigenvalue weighted by Crippen LogP contribution is 2.12. The fourth-order valence-corrected chi connectivity index (χ4v) is 2.38. The molecule has 1 aromatic heterocycles. The number of nitrogens with one attached hydrogen (secondary N) is 2. The molecule has 0 saturated heterocycles. The second-order valence-corrected chi connectivity index (χ2v) is 6.22. The largest absolute Gasteiger partial charge is 0.348 e. The highest BCUT2D eigenvalue weighted by Gasteiger charge is 2.26. The Bertz CT molecular complexity index is 717. The molecule has 2 atom stereocenters. The molecule has 1 aromatic carbocycles. The van der Waals surface area contributed by atoms with Gasteiger partial charge in [0.2, 0.25) is 5.91 Å². The minimum atomic E-state index is -0.698. The Balaban J connectivity index is 2.05. The molecule has 0 saturated carbocycles. The van der Waals surface area contributed by atoms with Gasteiger partial charge in [0.05, 0.1) is 6.04 Å². The van der Waals surface area contributed by atoms with E-state index in [9.17, 15) is 14.0 Å². The van der Waals surface area contributed by atoms with E-state index in [1.165, 1.54) is 24.3 Å². The van der Waals surface area contributed by atoms with Crippen molar-refractivity contribution in [2.45, 2.75) is 32.9 Å². The van der Waals surface area contributed by atoms with Crippen LogP contribution < -0.4 is 10.6 Å². The van der Waals surface area contributed by atoms with Crippen molar-refractivity contribution >= 4 is 11.8 Å². The van der Waals surface area contributed by atoms with Crippen molar-refractivity contribution in [1.29, 1.82) is 0 Å². The lowest BCUT2D eigenvalue weighted by Crippen LogP contribution is -2.50. The molecular weight excluding hydrogens is 321 g/mol. The topological polar surface area (TPSA) is 71.1 Å². The van der Waals surface area contributed by atoms with Gasteiger partial charge in [0, 0.05) is 18.0 Å².